The number of hydrogen-bond acceptors (Lipinski definition) is 6. The molecular weight excluding hydrogens is 565 g/mol. The van der Waals surface area contributed by atoms with Crippen molar-refractivity contribution in [3.8, 4) is 34.1 Å². The molecule has 200 valence electrons. The van der Waals surface area contributed by atoms with Crippen molar-refractivity contribution in [1.82, 2.24) is 24.4 Å². The molecule has 0 spiro atoms. The molecule has 0 unspecified atom stereocenters. The molecule has 10 heteroatoms. The normalized spacial score (nSPS) is 11.9. The van der Waals surface area contributed by atoms with Crippen LogP contribution in [0, 0.1) is 0 Å². The van der Waals surface area contributed by atoms with E-state index in [1.165, 1.54) is 15.9 Å². The highest BCUT2D eigenvalue weighted by Gasteiger charge is 2.16. The minimum atomic E-state index is -0.262. The van der Waals surface area contributed by atoms with Crippen molar-refractivity contribution in [2.45, 2.75) is 19.8 Å². The van der Waals surface area contributed by atoms with Gasteiger partial charge in [-0.05, 0) is 67.1 Å². The van der Waals surface area contributed by atoms with E-state index in [-0.39, 0.29) is 5.56 Å². The number of fused-ring (bicyclic) bond motifs is 1. The maximum Gasteiger partial charge on any atom is 0.291 e. The van der Waals surface area contributed by atoms with Crippen LogP contribution in [0.2, 0.25) is 10.0 Å². The molecule has 0 radical (unpaired) electrons. The molecule has 6 aromatic rings. The van der Waals surface area contributed by atoms with E-state index in [0.29, 0.717) is 37.5 Å². The molecule has 40 heavy (non-hydrogen) atoms. The highest BCUT2D eigenvalue weighted by atomic mass is 35.5. The lowest BCUT2D eigenvalue weighted by atomic mass is 10.1. The molecule has 3 aromatic carbocycles. The zero-order valence-electron chi connectivity index (χ0n) is 21.4. The highest BCUT2D eigenvalue weighted by Crippen LogP contribution is 2.29. The Bertz CT molecular complexity index is 1910. The molecule has 0 atom stereocenters. The summed E-state index contributed by atoms with van der Waals surface area (Å²) in [4.78, 5) is 18.4. The molecule has 0 amide bonds. The van der Waals surface area contributed by atoms with Crippen LogP contribution in [-0.4, -0.2) is 31.0 Å². The molecule has 3 aromatic heterocycles. The Morgan fingerprint density at radius 1 is 1.00 bits per heavy atom. The third-order valence-corrected chi connectivity index (χ3v) is 7.81. The van der Waals surface area contributed by atoms with Gasteiger partial charge in [0.2, 0.25) is 4.96 Å². The number of hydrogen-bond donors (Lipinski definition) is 0. The first-order valence-corrected chi connectivity index (χ1v) is 14.3. The van der Waals surface area contributed by atoms with E-state index in [0.717, 1.165) is 41.1 Å². The second-order valence-corrected chi connectivity index (χ2v) is 11.0. The predicted octanol–water partition coefficient (Wildman–Crippen LogP) is 6.70. The van der Waals surface area contributed by atoms with Gasteiger partial charge in [-0.1, -0.05) is 66.1 Å². The molecule has 0 saturated heterocycles. The summed E-state index contributed by atoms with van der Waals surface area (Å²) in [7, 11) is 0. The molecule has 0 bridgehead atoms. The molecule has 0 saturated carbocycles. The lowest BCUT2D eigenvalue weighted by Gasteiger charge is -2.06. The maximum absolute atomic E-state index is 13.4. The summed E-state index contributed by atoms with van der Waals surface area (Å²) in [6.45, 7) is 2.82. The number of aromatic nitrogens is 5. The molecule has 7 nitrogen and oxygen atoms in total. The van der Waals surface area contributed by atoms with Crippen LogP contribution in [0.25, 0.3) is 39.4 Å². The molecule has 0 fully saturated rings. The standard InChI is InChI=1S/C30H23Cl2N5O2S/c1-2-3-15-39-23-12-9-19(10-13-23)27-20(18-36(34-27)22-7-5-4-6-8-22)16-26-29(38)37-30(40-26)33-28(35-37)24-14-11-21(31)17-25(24)32/h4-14,16-18H,2-3,15H2,1H3. The molecule has 0 N–H and O–H groups in total. The van der Waals surface area contributed by atoms with E-state index in [1.807, 2.05) is 71.6 Å². The van der Waals surface area contributed by atoms with Gasteiger partial charge in [-0.15, -0.1) is 5.10 Å². The highest BCUT2D eigenvalue weighted by molar-refractivity contribution is 7.15. The van der Waals surface area contributed by atoms with Crippen LogP contribution in [0.4, 0.5) is 0 Å². The third-order valence-electron chi connectivity index (χ3n) is 6.30. The lowest BCUT2D eigenvalue weighted by Crippen LogP contribution is -2.23. The largest absolute Gasteiger partial charge is 0.494 e. The minimum Gasteiger partial charge on any atom is -0.494 e. The number of ether oxygens (including phenoxy) is 1. The van der Waals surface area contributed by atoms with Crippen molar-refractivity contribution in [3.05, 3.63) is 109 Å². The summed E-state index contributed by atoms with van der Waals surface area (Å²) in [6, 6.07) is 22.8. The van der Waals surface area contributed by atoms with Gasteiger partial charge in [-0.3, -0.25) is 4.79 Å². The summed E-state index contributed by atoms with van der Waals surface area (Å²) in [5.41, 5.74) is 3.72. The molecule has 0 aliphatic heterocycles. The van der Waals surface area contributed by atoms with Crippen LogP contribution in [0.5, 0.6) is 5.75 Å². The average molecular weight is 589 g/mol. The Morgan fingerprint density at radius 2 is 1.80 bits per heavy atom. The summed E-state index contributed by atoms with van der Waals surface area (Å²) in [5.74, 6) is 1.18. The topological polar surface area (TPSA) is 74.3 Å². The first kappa shape index (κ1) is 26.3. The van der Waals surface area contributed by atoms with E-state index in [1.54, 1.807) is 18.2 Å². The van der Waals surface area contributed by atoms with Crippen molar-refractivity contribution < 1.29 is 4.74 Å². The zero-order valence-corrected chi connectivity index (χ0v) is 23.7. The van der Waals surface area contributed by atoms with Gasteiger partial charge < -0.3 is 4.74 Å². The average Bonchev–Trinajstić information content (AvgIpc) is 3.65. The molecule has 3 heterocycles. The Kier molecular flexibility index (Phi) is 7.38. The second-order valence-electron chi connectivity index (χ2n) is 9.11. The van der Waals surface area contributed by atoms with Gasteiger partial charge in [0.25, 0.3) is 5.56 Å². The van der Waals surface area contributed by atoms with Crippen LogP contribution in [-0.2, 0) is 0 Å². The van der Waals surface area contributed by atoms with Crippen LogP contribution in [0.1, 0.15) is 25.3 Å². The Hall–Kier alpha value is -3.98. The van der Waals surface area contributed by atoms with Crippen LogP contribution in [0.15, 0.2) is 83.8 Å². The van der Waals surface area contributed by atoms with Crippen molar-refractivity contribution in [2.24, 2.45) is 0 Å². The Morgan fingerprint density at radius 3 is 2.52 bits per heavy atom. The van der Waals surface area contributed by atoms with Crippen molar-refractivity contribution >= 4 is 45.6 Å². The van der Waals surface area contributed by atoms with E-state index < -0.39 is 0 Å². The number of thiazole rings is 1. The van der Waals surface area contributed by atoms with Gasteiger partial charge in [-0.2, -0.15) is 14.6 Å². The lowest BCUT2D eigenvalue weighted by molar-refractivity contribution is 0.309. The van der Waals surface area contributed by atoms with Gasteiger partial charge in [0.1, 0.15) is 11.4 Å². The van der Waals surface area contributed by atoms with Gasteiger partial charge in [0.05, 0.1) is 21.8 Å². The summed E-state index contributed by atoms with van der Waals surface area (Å²) >= 11 is 13.6. The van der Waals surface area contributed by atoms with Gasteiger partial charge in [0, 0.05) is 27.9 Å². The first-order chi connectivity index (χ1) is 19.5. The SMILES string of the molecule is CCCCOc1ccc(-c2nn(-c3ccccc3)cc2C=c2sc3nc(-c4ccc(Cl)cc4Cl)nn3c2=O)cc1. The fourth-order valence-electron chi connectivity index (χ4n) is 4.23. The maximum atomic E-state index is 13.4. The molecular formula is C30H23Cl2N5O2S. The van der Waals surface area contributed by atoms with Crippen molar-refractivity contribution in [2.75, 3.05) is 6.61 Å². The quantitative estimate of drug-likeness (QED) is 0.185. The molecule has 6 rings (SSSR count). The first-order valence-electron chi connectivity index (χ1n) is 12.7. The smallest absolute Gasteiger partial charge is 0.291 e. The monoisotopic (exact) mass is 587 g/mol. The van der Waals surface area contributed by atoms with Gasteiger partial charge in [-0.25, -0.2) is 4.68 Å². The van der Waals surface area contributed by atoms with Gasteiger partial charge in [0.15, 0.2) is 5.82 Å². The molecule has 0 aliphatic carbocycles. The summed E-state index contributed by atoms with van der Waals surface area (Å²) in [6.07, 6.45) is 5.85. The number of para-hydroxylation sites is 1. The number of unbranched alkanes of at least 4 members (excludes halogenated alkanes) is 1. The van der Waals surface area contributed by atoms with E-state index in [9.17, 15) is 4.79 Å². The van der Waals surface area contributed by atoms with Crippen LogP contribution >= 0.6 is 34.5 Å². The molecule has 0 aliphatic rings. The Labute approximate surface area is 243 Å². The van der Waals surface area contributed by atoms with Crippen LogP contribution in [0.3, 0.4) is 0 Å². The van der Waals surface area contributed by atoms with Crippen molar-refractivity contribution in [3.63, 3.8) is 0 Å². The van der Waals surface area contributed by atoms with E-state index in [4.69, 9.17) is 33.0 Å². The summed E-state index contributed by atoms with van der Waals surface area (Å²) < 4.78 is 9.45. The third kappa shape index (κ3) is 5.25. The van der Waals surface area contributed by atoms with E-state index >= 15 is 0 Å². The second kappa shape index (κ2) is 11.3. The Balaban J connectivity index is 1.41. The van der Waals surface area contributed by atoms with Crippen molar-refractivity contribution in [1.29, 1.82) is 0 Å². The predicted molar refractivity (Wildman–Crippen MR) is 161 cm³/mol. The number of nitrogens with zero attached hydrogens (tertiary/aromatic N) is 5. The van der Waals surface area contributed by atoms with Gasteiger partial charge >= 0.3 is 0 Å². The number of halogens is 2. The summed E-state index contributed by atoms with van der Waals surface area (Å²) in [5, 5.41) is 10.2. The zero-order chi connectivity index (χ0) is 27.6. The fourth-order valence-corrected chi connectivity index (χ4v) is 5.63. The fraction of sp³-hybridized carbons (Fsp3) is 0.133. The number of rotatable bonds is 8. The number of benzene rings is 3. The minimum absolute atomic E-state index is 0.262. The van der Waals surface area contributed by atoms with E-state index in [2.05, 4.69) is 17.0 Å². The van der Waals surface area contributed by atoms with Crippen LogP contribution < -0.4 is 14.8 Å².